The van der Waals surface area contributed by atoms with Crippen LogP contribution in [0.3, 0.4) is 0 Å². The molecule has 2 nitrogen and oxygen atoms in total. The van der Waals surface area contributed by atoms with E-state index in [-0.39, 0.29) is 0 Å². The van der Waals surface area contributed by atoms with E-state index in [0.29, 0.717) is 0 Å². The van der Waals surface area contributed by atoms with Gasteiger partial charge in [0.25, 0.3) is 0 Å². The Bertz CT molecular complexity index is 272. The third kappa shape index (κ3) is 6.44. The Balaban J connectivity index is 2.20. The minimum atomic E-state index is 1.07. The summed E-state index contributed by atoms with van der Waals surface area (Å²) in [7, 11) is 0. The average Bonchev–Trinajstić information content (AvgIpc) is 2.38. The maximum atomic E-state index is 3.45. The molecule has 0 radical (unpaired) electrons. The molecule has 1 aromatic rings. The molecule has 1 N–H and O–H groups in total. The monoisotopic (exact) mass is 234 g/mol. The highest BCUT2D eigenvalue weighted by atomic mass is 15.1. The number of benzene rings is 1. The van der Waals surface area contributed by atoms with Crippen molar-refractivity contribution in [2.24, 2.45) is 0 Å². The summed E-state index contributed by atoms with van der Waals surface area (Å²) >= 11 is 0. The third-order valence-corrected chi connectivity index (χ3v) is 2.95. The quantitative estimate of drug-likeness (QED) is 0.661. The summed E-state index contributed by atoms with van der Waals surface area (Å²) in [6, 6.07) is 10.7. The highest BCUT2D eigenvalue weighted by Gasteiger charge is 2.02. The van der Waals surface area contributed by atoms with Gasteiger partial charge in [0.1, 0.15) is 0 Å². The van der Waals surface area contributed by atoms with Crippen LogP contribution < -0.4 is 5.32 Å². The van der Waals surface area contributed by atoms with Crippen LogP contribution in [0.15, 0.2) is 30.3 Å². The molecule has 0 unspecified atom stereocenters. The summed E-state index contributed by atoms with van der Waals surface area (Å²) in [6.07, 6.45) is 2.46. The molecule has 0 amide bonds. The predicted octanol–water partition coefficient (Wildman–Crippen LogP) is 2.90. The van der Waals surface area contributed by atoms with E-state index in [1.165, 1.54) is 24.9 Å². The zero-order chi connectivity index (χ0) is 12.3. The van der Waals surface area contributed by atoms with Crippen molar-refractivity contribution >= 4 is 0 Å². The molecule has 1 rings (SSSR count). The van der Waals surface area contributed by atoms with Crippen molar-refractivity contribution in [2.75, 3.05) is 26.2 Å². The van der Waals surface area contributed by atoms with Crippen molar-refractivity contribution in [3.63, 3.8) is 0 Å². The van der Waals surface area contributed by atoms with Crippen LogP contribution in [0.5, 0.6) is 0 Å². The molecule has 17 heavy (non-hydrogen) atoms. The van der Waals surface area contributed by atoms with Crippen LogP contribution >= 0.6 is 0 Å². The van der Waals surface area contributed by atoms with Gasteiger partial charge in [0.2, 0.25) is 0 Å². The van der Waals surface area contributed by atoms with E-state index in [2.05, 4.69) is 54.4 Å². The smallest absolute Gasteiger partial charge is 0.0233 e. The SMILES string of the molecule is CCCNCCCN(CC)Cc1ccccc1. The van der Waals surface area contributed by atoms with E-state index in [0.717, 1.165) is 26.2 Å². The molecule has 1 aromatic carbocycles. The molecule has 0 saturated carbocycles. The van der Waals surface area contributed by atoms with Crippen molar-refractivity contribution in [2.45, 2.75) is 33.2 Å². The third-order valence-electron chi connectivity index (χ3n) is 2.95. The molecule has 0 fully saturated rings. The van der Waals surface area contributed by atoms with Gasteiger partial charge in [-0.15, -0.1) is 0 Å². The molecule has 0 aliphatic heterocycles. The topological polar surface area (TPSA) is 15.3 Å². The predicted molar refractivity (Wildman–Crippen MR) is 75.2 cm³/mol. The van der Waals surface area contributed by atoms with Crippen LogP contribution in [0.1, 0.15) is 32.3 Å². The zero-order valence-corrected chi connectivity index (χ0v) is 11.3. The van der Waals surface area contributed by atoms with Gasteiger partial charge in [-0.2, -0.15) is 0 Å². The number of rotatable bonds is 9. The van der Waals surface area contributed by atoms with Gasteiger partial charge >= 0.3 is 0 Å². The van der Waals surface area contributed by atoms with Crippen molar-refractivity contribution in [3.05, 3.63) is 35.9 Å². The maximum absolute atomic E-state index is 3.45. The second-order valence-electron chi connectivity index (χ2n) is 4.46. The summed E-state index contributed by atoms with van der Waals surface area (Å²) in [5.41, 5.74) is 1.41. The van der Waals surface area contributed by atoms with E-state index in [9.17, 15) is 0 Å². The second kappa shape index (κ2) is 9.20. The fourth-order valence-corrected chi connectivity index (χ4v) is 1.92. The number of hydrogen-bond acceptors (Lipinski definition) is 2. The first kappa shape index (κ1) is 14.2. The lowest BCUT2D eigenvalue weighted by molar-refractivity contribution is 0.275. The van der Waals surface area contributed by atoms with Crippen LogP contribution in [0.25, 0.3) is 0 Å². The van der Waals surface area contributed by atoms with Gasteiger partial charge in [-0.05, 0) is 44.6 Å². The summed E-state index contributed by atoms with van der Waals surface area (Å²) < 4.78 is 0. The van der Waals surface area contributed by atoms with Crippen molar-refractivity contribution < 1.29 is 0 Å². The Kier molecular flexibility index (Phi) is 7.69. The summed E-state index contributed by atoms with van der Waals surface area (Å²) in [6.45, 7) is 10.1. The van der Waals surface area contributed by atoms with Gasteiger partial charge in [-0.25, -0.2) is 0 Å². The first-order valence-corrected chi connectivity index (χ1v) is 6.83. The van der Waals surface area contributed by atoms with Crippen molar-refractivity contribution in [3.8, 4) is 0 Å². The zero-order valence-electron chi connectivity index (χ0n) is 11.3. The largest absolute Gasteiger partial charge is 0.317 e. The van der Waals surface area contributed by atoms with E-state index in [1.807, 2.05) is 0 Å². The minimum Gasteiger partial charge on any atom is -0.317 e. The molecule has 2 heteroatoms. The standard InChI is InChI=1S/C15H26N2/c1-3-11-16-12-8-13-17(4-2)14-15-9-6-5-7-10-15/h5-7,9-10,16H,3-4,8,11-14H2,1-2H3. The molecule has 0 atom stereocenters. The van der Waals surface area contributed by atoms with Gasteiger partial charge < -0.3 is 5.32 Å². The number of nitrogens with zero attached hydrogens (tertiary/aromatic N) is 1. The van der Waals surface area contributed by atoms with E-state index in [4.69, 9.17) is 0 Å². The number of nitrogens with one attached hydrogen (secondary N) is 1. The fraction of sp³-hybridized carbons (Fsp3) is 0.600. The van der Waals surface area contributed by atoms with Gasteiger partial charge in [0, 0.05) is 6.54 Å². The Morgan fingerprint density at radius 2 is 1.82 bits per heavy atom. The van der Waals surface area contributed by atoms with Crippen molar-refractivity contribution in [1.82, 2.24) is 10.2 Å². The van der Waals surface area contributed by atoms with Gasteiger partial charge in [-0.1, -0.05) is 44.2 Å². The molecule has 0 heterocycles. The molecule has 0 aliphatic carbocycles. The molecular weight excluding hydrogens is 208 g/mol. The summed E-state index contributed by atoms with van der Waals surface area (Å²) in [5.74, 6) is 0. The van der Waals surface area contributed by atoms with Crippen LogP contribution in [-0.2, 0) is 6.54 Å². The second-order valence-corrected chi connectivity index (χ2v) is 4.46. The first-order valence-electron chi connectivity index (χ1n) is 6.83. The highest BCUT2D eigenvalue weighted by Crippen LogP contribution is 2.04. The van der Waals surface area contributed by atoms with Crippen molar-refractivity contribution in [1.29, 1.82) is 0 Å². The molecule has 96 valence electrons. The van der Waals surface area contributed by atoms with Crippen LogP contribution in [0.2, 0.25) is 0 Å². The molecule has 0 aliphatic rings. The highest BCUT2D eigenvalue weighted by molar-refractivity contribution is 5.14. The Morgan fingerprint density at radius 3 is 2.47 bits per heavy atom. The minimum absolute atomic E-state index is 1.07. The lowest BCUT2D eigenvalue weighted by Crippen LogP contribution is -2.27. The molecule has 0 aromatic heterocycles. The molecule has 0 spiro atoms. The van der Waals surface area contributed by atoms with Gasteiger partial charge in [0.05, 0.1) is 0 Å². The lowest BCUT2D eigenvalue weighted by atomic mass is 10.2. The Hall–Kier alpha value is -0.860. The average molecular weight is 234 g/mol. The van der Waals surface area contributed by atoms with Gasteiger partial charge in [-0.3, -0.25) is 4.90 Å². The summed E-state index contributed by atoms with van der Waals surface area (Å²) in [4.78, 5) is 2.50. The first-order chi connectivity index (χ1) is 8.36. The normalized spacial score (nSPS) is 11.0. The van der Waals surface area contributed by atoms with Crippen LogP contribution in [-0.4, -0.2) is 31.1 Å². The Labute approximate surface area is 106 Å². The maximum Gasteiger partial charge on any atom is 0.0233 e. The molecule has 0 saturated heterocycles. The van der Waals surface area contributed by atoms with Crippen LogP contribution in [0, 0.1) is 0 Å². The van der Waals surface area contributed by atoms with Crippen LogP contribution in [0.4, 0.5) is 0 Å². The summed E-state index contributed by atoms with van der Waals surface area (Å²) in [5, 5.41) is 3.45. The van der Waals surface area contributed by atoms with E-state index in [1.54, 1.807) is 0 Å². The van der Waals surface area contributed by atoms with E-state index < -0.39 is 0 Å². The fourth-order valence-electron chi connectivity index (χ4n) is 1.92. The number of hydrogen-bond donors (Lipinski definition) is 1. The molecule has 0 bridgehead atoms. The van der Waals surface area contributed by atoms with E-state index >= 15 is 0 Å². The van der Waals surface area contributed by atoms with Gasteiger partial charge in [0.15, 0.2) is 0 Å². The molecular formula is C15H26N2. The lowest BCUT2D eigenvalue weighted by Gasteiger charge is -2.20. The Morgan fingerprint density at radius 1 is 1.06 bits per heavy atom.